The minimum absolute atomic E-state index is 0.479. The third-order valence-electron chi connectivity index (χ3n) is 4.94. The fourth-order valence-corrected chi connectivity index (χ4v) is 3.34. The molecule has 0 saturated heterocycles. The maximum Gasteiger partial charge on any atom is 0.127 e. The molecule has 0 atom stereocenters. The van der Waals surface area contributed by atoms with Crippen molar-refractivity contribution in [3.63, 3.8) is 0 Å². The Hall–Kier alpha value is -3.83. The third-order valence-corrected chi connectivity index (χ3v) is 4.94. The van der Waals surface area contributed by atoms with Gasteiger partial charge in [-0.05, 0) is 41.0 Å². The number of nitriles is 1. The van der Waals surface area contributed by atoms with Crippen LogP contribution in [0.2, 0.25) is 0 Å². The summed E-state index contributed by atoms with van der Waals surface area (Å²) in [4.78, 5) is 0. The summed E-state index contributed by atoms with van der Waals surface area (Å²) in [6, 6.07) is 32.7. The van der Waals surface area contributed by atoms with E-state index < -0.39 is 0 Å². The third kappa shape index (κ3) is 4.20. The van der Waals surface area contributed by atoms with Crippen LogP contribution in [0.3, 0.4) is 0 Å². The van der Waals surface area contributed by atoms with Gasteiger partial charge >= 0.3 is 0 Å². The van der Waals surface area contributed by atoms with Crippen LogP contribution in [0.25, 0.3) is 22.4 Å². The molecule has 0 N–H and O–H groups in total. The van der Waals surface area contributed by atoms with Gasteiger partial charge in [0.1, 0.15) is 12.4 Å². The lowest BCUT2D eigenvalue weighted by atomic mass is 9.98. The van der Waals surface area contributed by atoms with Crippen molar-refractivity contribution in [3.8, 4) is 11.8 Å². The predicted octanol–water partition coefficient (Wildman–Crippen LogP) is 6.79. The van der Waals surface area contributed by atoms with Crippen molar-refractivity contribution in [1.29, 1.82) is 5.26 Å². The summed E-state index contributed by atoms with van der Waals surface area (Å²) < 4.78 is 6.18. The summed E-state index contributed by atoms with van der Waals surface area (Å²) in [5, 5.41) is 12.0. The van der Waals surface area contributed by atoms with Crippen LogP contribution in [0.5, 0.6) is 5.75 Å². The average Bonchev–Trinajstić information content (AvgIpc) is 2.78. The highest BCUT2D eigenvalue weighted by Gasteiger charge is 2.10. The van der Waals surface area contributed by atoms with E-state index >= 15 is 0 Å². The number of allylic oxidation sites excluding steroid dienone is 1. The van der Waals surface area contributed by atoms with Crippen molar-refractivity contribution in [2.24, 2.45) is 0 Å². The first-order valence-corrected chi connectivity index (χ1v) is 9.62. The lowest BCUT2D eigenvalue weighted by molar-refractivity contribution is 0.306. The minimum atomic E-state index is 0.479. The van der Waals surface area contributed by atoms with Crippen molar-refractivity contribution >= 4 is 22.4 Å². The molecule has 4 aromatic rings. The van der Waals surface area contributed by atoms with E-state index in [2.05, 4.69) is 24.3 Å². The van der Waals surface area contributed by atoms with E-state index in [0.717, 1.165) is 33.2 Å². The topological polar surface area (TPSA) is 33.0 Å². The molecule has 0 heterocycles. The molecule has 4 rings (SSSR count). The fourth-order valence-electron chi connectivity index (χ4n) is 3.34. The van der Waals surface area contributed by atoms with E-state index in [1.54, 1.807) is 0 Å². The number of rotatable bonds is 5. The summed E-state index contributed by atoms with van der Waals surface area (Å²) in [6.45, 7) is 2.52. The first-order chi connectivity index (χ1) is 14.2. The molecule has 0 aliphatic carbocycles. The maximum atomic E-state index is 9.82. The predicted molar refractivity (Wildman–Crippen MR) is 119 cm³/mol. The van der Waals surface area contributed by atoms with E-state index in [9.17, 15) is 5.26 Å². The zero-order valence-electron chi connectivity index (χ0n) is 16.3. The molecule has 0 unspecified atom stereocenters. The van der Waals surface area contributed by atoms with Crippen LogP contribution in [0, 0.1) is 18.3 Å². The normalized spacial score (nSPS) is 11.2. The standard InChI is InChI=1S/C27H21NO/c1-20-11-13-22(14-12-20)24(18-28)17-26-25-10-6-5-9-23(25)15-16-27(26)29-19-21-7-3-2-4-8-21/h2-17H,19H2,1H3/b24-17+. The molecule has 2 nitrogen and oxygen atoms in total. The Kier molecular flexibility index (Phi) is 5.40. The Balaban J connectivity index is 1.79. The highest BCUT2D eigenvalue weighted by Crippen LogP contribution is 2.32. The molecule has 29 heavy (non-hydrogen) atoms. The quantitative estimate of drug-likeness (QED) is 0.284. The van der Waals surface area contributed by atoms with Crippen LogP contribution in [0.1, 0.15) is 22.3 Å². The molecule has 0 radical (unpaired) electrons. The number of fused-ring (bicyclic) bond motifs is 1. The van der Waals surface area contributed by atoms with Gasteiger partial charge in [0.15, 0.2) is 0 Å². The van der Waals surface area contributed by atoms with Crippen LogP contribution >= 0.6 is 0 Å². The molecule has 2 heteroatoms. The number of aryl methyl sites for hydroxylation is 1. The van der Waals surface area contributed by atoms with Crippen LogP contribution in [0.4, 0.5) is 0 Å². The Labute approximate surface area is 171 Å². The van der Waals surface area contributed by atoms with Gasteiger partial charge in [0.05, 0.1) is 11.6 Å². The Morgan fingerprint density at radius 1 is 0.862 bits per heavy atom. The van der Waals surface area contributed by atoms with Gasteiger partial charge in [0.25, 0.3) is 0 Å². The summed E-state index contributed by atoms with van der Waals surface area (Å²) in [6.07, 6.45) is 1.94. The Morgan fingerprint density at radius 2 is 1.59 bits per heavy atom. The molecule has 0 spiro atoms. The number of hydrogen-bond acceptors (Lipinski definition) is 2. The van der Waals surface area contributed by atoms with Crippen LogP contribution < -0.4 is 4.74 Å². The molecule has 4 aromatic carbocycles. The first-order valence-electron chi connectivity index (χ1n) is 9.62. The highest BCUT2D eigenvalue weighted by molar-refractivity contribution is 6.00. The summed E-state index contributed by atoms with van der Waals surface area (Å²) in [7, 11) is 0. The smallest absolute Gasteiger partial charge is 0.127 e. The van der Waals surface area contributed by atoms with Gasteiger partial charge in [-0.1, -0.05) is 90.5 Å². The van der Waals surface area contributed by atoms with Crippen LogP contribution in [-0.4, -0.2) is 0 Å². The number of ether oxygens (including phenoxy) is 1. The molecule has 0 fully saturated rings. The molecule has 0 amide bonds. The first kappa shape index (κ1) is 18.5. The van der Waals surface area contributed by atoms with E-state index in [1.165, 1.54) is 5.56 Å². The minimum Gasteiger partial charge on any atom is -0.488 e. The van der Waals surface area contributed by atoms with Gasteiger partial charge in [0, 0.05) is 5.56 Å². The van der Waals surface area contributed by atoms with Gasteiger partial charge < -0.3 is 4.74 Å². The van der Waals surface area contributed by atoms with Crippen molar-refractivity contribution in [2.45, 2.75) is 13.5 Å². The zero-order chi connectivity index (χ0) is 20.1. The summed E-state index contributed by atoms with van der Waals surface area (Å²) in [5.41, 5.74) is 4.72. The van der Waals surface area contributed by atoms with Crippen molar-refractivity contribution in [3.05, 3.63) is 113 Å². The Morgan fingerprint density at radius 3 is 2.34 bits per heavy atom. The molecule has 0 aliphatic rings. The highest BCUT2D eigenvalue weighted by atomic mass is 16.5. The van der Waals surface area contributed by atoms with Crippen molar-refractivity contribution < 1.29 is 4.74 Å². The van der Waals surface area contributed by atoms with Crippen molar-refractivity contribution in [1.82, 2.24) is 0 Å². The number of benzene rings is 4. The summed E-state index contributed by atoms with van der Waals surface area (Å²) >= 11 is 0. The Bertz CT molecular complexity index is 1200. The molecule has 0 bridgehead atoms. The van der Waals surface area contributed by atoms with E-state index in [0.29, 0.717) is 12.2 Å². The van der Waals surface area contributed by atoms with Gasteiger partial charge in [-0.25, -0.2) is 0 Å². The maximum absolute atomic E-state index is 9.82. The van der Waals surface area contributed by atoms with Gasteiger partial charge in [0.2, 0.25) is 0 Å². The van der Waals surface area contributed by atoms with Gasteiger partial charge in [-0.2, -0.15) is 5.26 Å². The monoisotopic (exact) mass is 375 g/mol. The number of hydrogen-bond donors (Lipinski definition) is 0. The van der Waals surface area contributed by atoms with Crippen LogP contribution in [-0.2, 0) is 6.61 Å². The van der Waals surface area contributed by atoms with Gasteiger partial charge in [-0.3, -0.25) is 0 Å². The molecule has 140 valence electrons. The largest absolute Gasteiger partial charge is 0.488 e. The molecular weight excluding hydrogens is 354 g/mol. The zero-order valence-corrected chi connectivity index (χ0v) is 16.3. The second-order valence-corrected chi connectivity index (χ2v) is 7.01. The van der Waals surface area contributed by atoms with E-state index in [1.807, 2.05) is 85.8 Å². The molecular formula is C27H21NO. The lowest BCUT2D eigenvalue weighted by Gasteiger charge is -2.13. The van der Waals surface area contributed by atoms with E-state index in [4.69, 9.17) is 4.74 Å². The van der Waals surface area contributed by atoms with E-state index in [-0.39, 0.29) is 0 Å². The molecule has 0 saturated carbocycles. The van der Waals surface area contributed by atoms with Gasteiger partial charge in [-0.15, -0.1) is 0 Å². The fraction of sp³-hybridized carbons (Fsp3) is 0.0741. The number of nitrogens with zero attached hydrogens (tertiary/aromatic N) is 1. The van der Waals surface area contributed by atoms with Crippen molar-refractivity contribution in [2.75, 3.05) is 0 Å². The second-order valence-electron chi connectivity index (χ2n) is 7.01. The SMILES string of the molecule is Cc1ccc(/C(C#N)=C/c2c(OCc3ccccc3)ccc3ccccc23)cc1. The van der Waals surface area contributed by atoms with Crippen LogP contribution in [0.15, 0.2) is 91.0 Å². The summed E-state index contributed by atoms with van der Waals surface area (Å²) in [5.74, 6) is 0.771. The second kappa shape index (κ2) is 8.46. The molecule has 0 aliphatic heterocycles. The molecule has 0 aromatic heterocycles. The lowest BCUT2D eigenvalue weighted by Crippen LogP contribution is -1.97. The average molecular weight is 375 g/mol.